The van der Waals surface area contributed by atoms with E-state index in [1.54, 1.807) is 24.3 Å². The predicted octanol–water partition coefficient (Wildman–Crippen LogP) is 2.30. The van der Waals surface area contributed by atoms with E-state index in [4.69, 9.17) is 4.74 Å². The van der Waals surface area contributed by atoms with Crippen LogP contribution in [0, 0.1) is 0 Å². The van der Waals surface area contributed by atoms with Gasteiger partial charge in [0.15, 0.2) is 6.61 Å². The Balaban J connectivity index is 2.05. The summed E-state index contributed by atoms with van der Waals surface area (Å²) in [5, 5.41) is 12.9. The zero-order chi connectivity index (χ0) is 15.7. The summed E-state index contributed by atoms with van der Waals surface area (Å²) in [6.45, 7) is -0.674. The van der Waals surface area contributed by atoms with Gasteiger partial charge in [-0.1, -0.05) is 22.0 Å². The van der Waals surface area contributed by atoms with Gasteiger partial charge in [-0.25, -0.2) is 0 Å². The van der Waals surface area contributed by atoms with Gasteiger partial charge < -0.3 is 9.84 Å². The van der Waals surface area contributed by atoms with Crippen molar-refractivity contribution in [3.05, 3.63) is 28.7 Å². The first kappa shape index (κ1) is 15.8. The monoisotopic (exact) mass is 366 g/mol. The summed E-state index contributed by atoms with van der Waals surface area (Å²) in [6, 6.07) is 6.46. The number of carbonyl (C=O) groups excluding carboxylic acids is 1. The molecule has 1 aliphatic rings. The summed E-state index contributed by atoms with van der Waals surface area (Å²) in [4.78, 5) is 11.8. The van der Waals surface area contributed by atoms with Crippen LogP contribution >= 0.6 is 15.9 Å². The van der Waals surface area contributed by atoms with Gasteiger partial charge in [0.1, 0.15) is 5.75 Å². The molecule has 0 spiro atoms. The van der Waals surface area contributed by atoms with Crippen molar-refractivity contribution in [2.24, 2.45) is 5.10 Å². The van der Waals surface area contributed by atoms with E-state index in [0.717, 1.165) is 6.21 Å². The first-order valence-electron chi connectivity index (χ1n) is 5.77. The van der Waals surface area contributed by atoms with Crippen molar-refractivity contribution in [3.63, 3.8) is 0 Å². The number of amides is 1. The Kier molecular flexibility index (Phi) is 4.24. The number of benzene rings is 1. The normalized spacial score (nSPS) is 21.7. The summed E-state index contributed by atoms with van der Waals surface area (Å²) in [7, 11) is 0. The Labute approximate surface area is 126 Å². The van der Waals surface area contributed by atoms with Crippen LogP contribution in [-0.2, 0) is 4.79 Å². The molecule has 1 aliphatic heterocycles. The molecular formula is C12H10BrF3N2O3. The Morgan fingerprint density at radius 2 is 2.24 bits per heavy atom. The molecule has 5 nitrogen and oxygen atoms in total. The number of alkyl halides is 3. The molecule has 0 aromatic heterocycles. The molecule has 21 heavy (non-hydrogen) atoms. The molecular weight excluding hydrogens is 357 g/mol. The Bertz CT molecular complexity index is 579. The number of ether oxygens (including phenoxy) is 1. The first-order valence-corrected chi connectivity index (χ1v) is 6.56. The topological polar surface area (TPSA) is 62.1 Å². The molecule has 0 bridgehead atoms. The van der Waals surface area contributed by atoms with Crippen LogP contribution in [0.15, 0.2) is 33.8 Å². The third kappa shape index (κ3) is 3.18. The molecule has 0 saturated heterocycles. The fraction of sp³-hybridized carbons (Fsp3) is 0.333. The molecule has 0 radical (unpaired) electrons. The number of halogens is 4. The number of carbonyl (C=O) groups is 1. The zero-order valence-electron chi connectivity index (χ0n) is 10.5. The second kappa shape index (κ2) is 5.64. The van der Waals surface area contributed by atoms with E-state index in [2.05, 4.69) is 21.0 Å². The maximum absolute atomic E-state index is 12.8. The van der Waals surface area contributed by atoms with Gasteiger partial charge >= 0.3 is 6.18 Å². The van der Waals surface area contributed by atoms with Crippen molar-refractivity contribution in [2.75, 3.05) is 6.61 Å². The molecule has 0 saturated carbocycles. The van der Waals surface area contributed by atoms with Gasteiger partial charge in [-0.3, -0.25) is 4.79 Å². The van der Waals surface area contributed by atoms with Crippen molar-refractivity contribution in [3.8, 4) is 5.75 Å². The second-order valence-electron chi connectivity index (χ2n) is 4.27. The highest BCUT2D eigenvalue weighted by atomic mass is 79.9. The van der Waals surface area contributed by atoms with E-state index in [-0.39, 0.29) is 5.01 Å². The fourth-order valence-electron chi connectivity index (χ4n) is 1.70. The van der Waals surface area contributed by atoms with Gasteiger partial charge in [-0.05, 0) is 18.2 Å². The van der Waals surface area contributed by atoms with Crippen molar-refractivity contribution in [2.45, 2.75) is 18.3 Å². The minimum Gasteiger partial charge on any atom is -0.484 e. The van der Waals surface area contributed by atoms with Gasteiger partial charge in [0.2, 0.25) is 0 Å². The van der Waals surface area contributed by atoms with Crippen molar-refractivity contribution >= 4 is 28.1 Å². The average Bonchev–Trinajstić information content (AvgIpc) is 2.79. The maximum atomic E-state index is 12.8. The third-order valence-corrected chi connectivity index (χ3v) is 3.27. The summed E-state index contributed by atoms with van der Waals surface area (Å²) >= 11 is 3.19. The number of nitrogens with zero attached hydrogens (tertiary/aromatic N) is 2. The fourth-order valence-corrected chi connectivity index (χ4v) is 2.08. The lowest BCUT2D eigenvalue weighted by molar-refractivity contribution is -0.302. The SMILES string of the molecule is O=C(COc1cccc(Br)c1)N1N=CC[C@@]1(O)C(F)(F)F. The largest absolute Gasteiger partial charge is 0.484 e. The molecule has 0 fully saturated rings. The van der Waals surface area contributed by atoms with Crippen LogP contribution in [0.4, 0.5) is 13.2 Å². The molecule has 1 aromatic rings. The number of hydrogen-bond acceptors (Lipinski definition) is 4. The van der Waals surface area contributed by atoms with E-state index < -0.39 is 30.8 Å². The number of hydrogen-bond donors (Lipinski definition) is 1. The molecule has 1 aromatic carbocycles. The molecule has 1 atom stereocenters. The van der Waals surface area contributed by atoms with Crippen molar-refractivity contribution < 1.29 is 27.8 Å². The third-order valence-electron chi connectivity index (χ3n) is 2.77. The maximum Gasteiger partial charge on any atom is 0.438 e. The minimum atomic E-state index is -5.01. The molecule has 1 amide bonds. The highest BCUT2D eigenvalue weighted by Gasteiger charge is 2.61. The lowest BCUT2D eigenvalue weighted by Crippen LogP contribution is -2.57. The zero-order valence-corrected chi connectivity index (χ0v) is 12.1. The standard InChI is InChI=1S/C12H10BrF3N2O3/c13-8-2-1-3-9(6-8)21-7-10(19)18-11(20,4-5-17-18)12(14,15)16/h1-3,5-6,20H,4,7H2/t11-/m1/s1. The Hall–Kier alpha value is -1.61. The van der Waals surface area contributed by atoms with E-state index in [1.807, 2.05) is 0 Å². The van der Waals surface area contributed by atoms with Gasteiger partial charge in [-0.2, -0.15) is 23.3 Å². The van der Waals surface area contributed by atoms with Gasteiger partial charge in [0, 0.05) is 17.1 Å². The van der Waals surface area contributed by atoms with Crippen LogP contribution in [0.3, 0.4) is 0 Å². The van der Waals surface area contributed by atoms with Crippen LogP contribution in [0.2, 0.25) is 0 Å². The minimum absolute atomic E-state index is 0.00495. The molecule has 1 N–H and O–H groups in total. The van der Waals surface area contributed by atoms with Gasteiger partial charge in [0.05, 0.1) is 0 Å². The molecule has 0 aliphatic carbocycles. The Morgan fingerprint density at radius 3 is 2.86 bits per heavy atom. The Morgan fingerprint density at radius 1 is 1.52 bits per heavy atom. The highest BCUT2D eigenvalue weighted by Crippen LogP contribution is 2.38. The van der Waals surface area contributed by atoms with Crippen molar-refractivity contribution in [1.29, 1.82) is 0 Å². The summed E-state index contributed by atoms with van der Waals surface area (Å²) in [5.41, 5.74) is -3.31. The van der Waals surface area contributed by atoms with E-state index >= 15 is 0 Å². The summed E-state index contributed by atoms with van der Waals surface area (Å²) < 4.78 is 44.2. The van der Waals surface area contributed by atoms with Crippen LogP contribution in [0.5, 0.6) is 5.75 Å². The lowest BCUT2D eigenvalue weighted by atomic mass is 10.1. The number of rotatable bonds is 3. The molecule has 1 heterocycles. The molecule has 114 valence electrons. The highest BCUT2D eigenvalue weighted by molar-refractivity contribution is 9.10. The van der Waals surface area contributed by atoms with Crippen LogP contribution < -0.4 is 4.74 Å². The van der Waals surface area contributed by atoms with Gasteiger partial charge in [-0.15, -0.1) is 0 Å². The van der Waals surface area contributed by atoms with Crippen LogP contribution in [0.1, 0.15) is 6.42 Å². The quantitative estimate of drug-likeness (QED) is 0.892. The predicted molar refractivity (Wildman–Crippen MR) is 70.6 cm³/mol. The van der Waals surface area contributed by atoms with Gasteiger partial charge in [0.25, 0.3) is 11.6 Å². The first-order chi connectivity index (χ1) is 9.74. The molecule has 0 unspecified atom stereocenters. The average molecular weight is 367 g/mol. The smallest absolute Gasteiger partial charge is 0.438 e. The van der Waals surface area contributed by atoms with Crippen LogP contribution in [-0.4, -0.2) is 40.7 Å². The number of aliphatic hydroxyl groups is 1. The van der Waals surface area contributed by atoms with Crippen LogP contribution in [0.25, 0.3) is 0 Å². The van der Waals surface area contributed by atoms with Crippen molar-refractivity contribution in [1.82, 2.24) is 5.01 Å². The van der Waals surface area contributed by atoms with E-state index in [9.17, 15) is 23.1 Å². The lowest BCUT2D eigenvalue weighted by Gasteiger charge is -2.32. The van der Waals surface area contributed by atoms with E-state index in [1.165, 1.54) is 0 Å². The summed E-state index contributed by atoms with van der Waals surface area (Å²) in [6.07, 6.45) is -4.97. The molecule has 2 rings (SSSR count). The number of hydrazone groups is 1. The summed E-state index contributed by atoms with van der Waals surface area (Å²) in [5.74, 6) is -0.792. The van der Waals surface area contributed by atoms with E-state index in [0.29, 0.717) is 10.2 Å². The molecule has 9 heteroatoms. The second-order valence-corrected chi connectivity index (χ2v) is 5.18.